The third-order valence-corrected chi connectivity index (χ3v) is 6.74. The fraction of sp³-hybridized carbons (Fsp3) is 0.611. The first-order valence-electron chi connectivity index (χ1n) is 8.87. The van der Waals surface area contributed by atoms with Crippen LogP contribution < -0.4 is 0 Å². The number of carbonyl (C=O) groups excluding carboxylic acids is 1. The highest BCUT2D eigenvalue weighted by molar-refractivity contribution is 7.91. The van der Waals surface area contributed by atoms with Gasteiger partial charge in [0.2, 0.25) is 5.91 Å². The Morgan fingerprint density at radius 2 is 2.08 bits per heavy atom. The second-order valence-corrected chi connectivity index (χ2v) is 8.97. The number of ether oxygens (including phenoxy) is 1. The Balaban J connectivity index is 1.60. The molecule has 3 rings (SSSR count). The average Bonchev–Trinajstić information content (AvgIpc) is 2.96. The summed E-state index contributed by atoms with van der Waals surface area (Å²) in [5, 5.41) is 0. The van der Waals surface area contributed by atoms with Crippen LogP contribution in [0.4, 0.5) is 0 Å². The fourth-order valence-corrected chi connectivity index (χ4v) is 5.39. The minimum Gasteiger partial charge on any atom is -0.371 e. The highest BCUT2D eigenvalue weighted by atomic mass is 32.2. The Hall–Kier alpha value is -1.44. The molecule has 2 saturated heterocycles. The molecule has 2 unspecified atom stereocenters. The molecule has 2 fully saturated rings. The summed E-state index contributed by atoms with van der Waals surface area (Å²) in [5.41, 5.74) is 1.12. The zero-order chi connectivity index (χ0) is 17.9. The number of rotatable bonds is 5. The largest absolute Gasteiger partial charge is 0.371 e. The maximum absolute atomic E-state index is 12.7. The molecule has 7 heteroatoms. The predicted octanol–water partition coefficient (Wildman–Crippen LogP) is 1.10. The SMILES string of the molecule is CCN(C(=O)CN1CCOC(c2ccccc2)C1)C1CCS(=O)(=O)C1. The molecule has 0 spiro atoms. The van der Waals surface area contributed by atoms with Gasteiger partial charge in [-0.1, -0.05) is 30.3 Å². The molecule has 2 atom stereocenters. The van der Waals surface area contributed by atoms with Crippen LogP contribution in [0, 0.1) is 0 Å². The predicted molar refractivity (Wildman–Crippen MR) is 96.0 cm³/mol. The quantitative estimate of drug-likeness (QED) is 0.781. The number of morpholine rings is 1. The molecular weight excluding hydrogens is 340 g/mol. The molecule has 2 aliphatic heterocycles. The zero-order valence-corrected chi connectivity index (χ0v) is 15.5. The van der Waals surface area contributed by atoms with Crippen LogP contribution in [0.2, 0.25) is 0 Å². The smallest absolute Gasteiger partial charge is 0.237 e. The van der Waals surface area contributed by atoms with E-state index >= 15 is 0 Å². The number of sulfone groups is 1. The molecule has 2 heterocycles. The molecule has 1 amide bonds. The van der Waals surface area contributed by atoms with E-state index < -0.39 is 9.84 Å². The lowest BCUT2D eigenvalue weighted by Crippen LogP contribution is -2.48. The maximum atomic E-state index is 12.7. The first-order chi connectivity index (χ1) is 12.0. The van der Waals surface area contributed by atoms with Gasteiger partial charge < -0.3 is 9.64 Å². The minimum absolute atomic E-state index is 0.0123. The highest BCUT2D eigenvalue weighted by Gasteiger charge is 2.34. The van der Waals surface area contributed by atoms with Crippen LogP contribution >= 0.6 is 0 Å². The zero-order valence-electron chi connectivity index (χ0n) is 14.6. The van der Waals surface area contributed by atoms with E-state index in [0.717, 1.165) is 12.1 Å². The third-order valence-electron chi connectivity index (χ3n) is 4.99. The molecule has 2 aliphatic rings. The van der Waals surface area contributed by atoms with Gasteiger partial charge in [0, 0.05) is 25.7 Å². The minimum atomic E-state index is -2.99. The van der Waals surface area contributed by atoms with E-state index in [2.05, 4.69) is 4.90 Å². The van der Waals surface area contributed by atoms with Gasteiger partial charge in [-0.15, -0.1) is 0 Å². The monoisotopic (exact) mass is 366 g/mol. The van der Waals surface area contributed by atoms with Gasteiger partial charge in [0.1, 0.15) is 0 Å². The summed E-state index contributed by atoms with van der Waals surface area (Å²) in [5.74, 6) is 0.301. The van der Waals surface area contributed by atoms with Crippen LogP contribution in [0.1, 0.15) is 25.0 Å². The Labute approximate surface area is 149 Å². The van der Waals surface area contributed by atoms with Crippen molar-refractivity contribution in [3.8, 4) is 0 Å². The molecule has 25 heavy (non-hydrogen) atoms. The standard InChI is InChI=1S/C18H26N2O4S/c1-2-20(16-8-11-25(22,23)14-16)18(21)13-19-9-10-24-17(12-19)15-6-4-3-5-7-15/h3-7,16-17H,2,8-14H2,1H3. The van der Waals surface area contributed by atoms with Crippen LogP contribution in [0.25, 0.3) is 0 Å². The lowest BCUT2D eigenvalue weighted by Gasteiger charge is -2.35. The van der Waals surface area contributed by atoms with E-state index in [0.29, 0.717) is 32.7 Å². The Morgan fingerprint density at radius 1 is 1.32 bits per heavy atom. The summed E-state index contributed by atoms with van der Waals surface area (Å²) in [6, 6.07) is 9.86. The average molecular weight is 366 g/mol. The Bertz CT molecular complexity index is 692. The van der Waals surface area contributed by atoms with Crippen LogP contribution in [-0.4, -0.2) is 74.5 Å². The second-order valence-electron chi connectivity index (χ2n) is 6.74. The highest BCUT2D eigenvalue weighted by Crippen LogP contribution is 2.23. The van der Waals surface area contributed by atoms with E-state index in [1.807, 2.05) is 37.3 Å². The Kier molecular flexibility index (Phi) is 5.76. The van der Waals surface area contributed by atoms with Crippen molar-refractivity contribution in [3.05, 3.63) is 35.9 Å². The molecule has 138 valence electrons. The van der Waals surface area contributed by atoms with E-state index in [4.69, 9.17) is 4.74 Å². The van der Waals surface area contributed by atoms with Gasteiger partial charge in [-0.2, -0.15) is 0 Å². The van der Waals surface area contributed by atoms with E-state index in [9.17, 15) is 13.2 Å². The van der Waals surface area contributed by atoms with Crippen LogP contribution in [-0.2, 0) is 19.4 Å². The van der Waals surface area contributed by atoms with Crippen molar-refractivity contribution in [3.63, 3.8) is 0 Å². The molecule has 0 radical (unpaired) electrons. The molecule has 0 aliphatic carbocycles. The number of hydrogen-bond acceptors (Lipinski definition) is 5. The van der Waals surface area contributed by atoms with Gasteiger partial charge >= 0.3 is 0 Å². The molecule has 0 N–H and O–H groups in total. The summed E-state index contributed by atoms with van der Waals surface area (Å²) in [6.07, 6.45) is 0.530. The van der Waals surface area contributed by atoms with Crippen molar-refractivity contribution in [1.29, 1.82) is 0 Å². The number of benzene rings is 1. The number of nitrogens with zero attached hydrogens (tertiary/aromatic N) is 2. The van der Waals surface area contributed by atoms with Crippen molar-refractivity contribution in [2.45, 2.75) is 25.5 Å². The van der Waals surface area contributed by atoms with Crippen molar-refractivity contribution >= 4 is 15.7 Å². The molecule has 0 saturated carbocycles. The first kappa shape index (κ1) is 18.4. The van der Waals surface area contributed by atoms with E-state index in [1.54, 1.807) is 4.90 Å². The molecule has 0 aromatic heterocycles. The van der Waals surface area contributed by atoms with Crippen molar-refractivity contribution < 1.29 is 17.9 Å². The number of amides is 1. The summed E-state index contributed by atoms with van der Waals surface area (Å²) in [4.78, 5) is 16.6. The van der Waals surface area contributed by atoms with Crippen LogP contribution in [0.15, 0.2) is 30.3 Å². The number of likely N-dealkylation sites (N-methyl/N-ethyl adjacent to an activating group) is 1. The fourth-order valence-electron chi connectivity index (χ4n) is 3.66. The summed E-state index contributed by atoms with van der Waals surface area (Å²) in [7, 11) is -2.99. The summed E-state index contributed by atoms with van der Waals surface area (Å²) >= 11 is 0. The third kappa shape index (κ3) is 4.59. The normalized spacial score (nSPS) is 26.4. The van der Waals surface area contributed by atoms with Gasteiger partial charge in [-0.3, -0.25) is 9.69 Å². The van der Waals surface area contributed by atoms with Gasteiger partial charge in [0.15, 0.2) is 9.84 Å². The maximum Gasteiger partial charge on any atom is 0.237 e. The first-order valence-corrected chi connectivity index (χ1v) is 10.7. The van der Waals surface area contributed by atoms with Crippen LogP contribution in [0.3, 0.4) is 0 Å². The summed E-state index contributed by atoms with van der Waals surface area (Å²) in [6.45, 7) is 4.76. The number of hydrogen-bond donors (Lipinski definition) is 0. The lowest BCUT2D eigenvalue weighted by atomic mass is 10.1. The van der Waals surface area contributed by atoms with Crippen molar-refractivity contribution in [2.24, 2.45) is 0 Å². The lowest BCUT2D eigenvalue weighted by molar-refractivity contribution is -0.136. The van der Waals surface area contributed by atoms with E-state index in [-0.39, 0.29) is 29.6 Å². The number of carbonyl (C=O) groups is 1. The molecule has 1 aromatic rings. The Morgan fingerprint density at radius 3 is 2.72 bits per heavy atom. The van der Waals surface area contributed by atoms with Gasteiger partial charge in [-0.25, -0.2) is 8.42 Å². The summed E-state index contributed by atoms with van der Waals surface area (Å²) < 4.78 is 29.3. The van der Waals surface area contributed by atoms with E-state index in [1.165, 1.54) is 0 Å². The second kappa shape index (κ2) is 7.85. The van der Waals surface area contributed by atoms with Crippen LogP contribution in [0.5, 0.6) is 0 Å². The topological polar surface area (TPSA) is 66.9 Å². The molecule has 0 bridgehead atoms. The molecule has 6 nitrogen and oxygen atoms in total. The van der Waals surface area contributed by atoms with Gasteiger partial charge in [0.25, 0.3) is 0 Å². The molecule has 1 aromatic carbocycles. The van der Waals surface area contributed by atoms with Gasteiger partial charge in [0.05, 0.1) is 30.8 Å². The van der Waals surface area contributed by atoms with Crippen molar-refractivity contribution in [2.75, 3.05) is 44.3 Å². The van der Waals surface area contributed by atoms with Crippen molar-refractivity contribution in [1.82, 2.24) is 9.80 Å². The molecular formula is C18H26N2O4S. The van der Waals surface area contributed by atoms with Gasteiger partial charge in [-0.05, 0) is 18.9 Å².